The van der Waals surface area contributed by atoms with Gasteiger partial charge in [0.05, 0.1) is 13.1 Å². The summed E-state index contributed by atoms with van der Waals surface area (Å²) in [7, 11) is 0. The maximum atomic E-state index is 14.1. The SMILES string of the molecule is CC(C)N(Cc1nccn1Cc1c(F)cccc1Cl)C(=O)c1ccc(F)cc1. The smallest absolute Gasteiger partial charge is 0.254 e. The molecule has 0 unspecified atom stereocenters. The summed E-state index contributed by atoms with van der Waals surface area (Å²) in [5.74, 6) is -0.419. The fourth-order valence-corrected chi connectivity index (χ4v) is 3.11. The number of carbonyl (C=O) groups is 1. The van der Waals surface area contributed by atoms with Crippen LogP contribution in [0.5, 0.6) is 0 Å². The van der Waals surface area contributed by atoms with Gasteiger partial charge in [-0.3, -0.25) is 4.79 Å². The van der Waals surface area contributed by atoms with Gasteiger partial charge in [-0.15, -0.1) is 0 Å². The molecule has 0 saturated heterocycles. The molecule has 3 aromatic rings. The number of halogens is 3. The predicted molar refractivity (Wildman–Crippen MR) is 104 cm³/mol. The number of carbonyl (C=O) groups excluding carboxylic acids is 1. The minimum Gasteiger partial charge on any atom is -0.329 e. The fraction of sp³-hybridized carbons (Fsp3) is 0.238. The van der Waals surface area contributed by atoms with Crippen molar-refractivity contribution in [2.24, 2.45) is 0 Å². The van der Waals surface area contributed by atoms with E-state index >= 15 is 0 Å². The summed E-state index contributed by atoms with van der Waals surface area (Å²) >= 11 is 6.13. The van der Waals surface area contributed by atoms with Crippen molar-refractivity contribution in [1.29, 1.82) is 0 Å². The third kappa shape index (κ3) is 4.39. The first-order valence-corrected chi connectivity index (χ1v) is 9.24. The molecule has 28 heavy (non-hydrogen) atoms. The lowest BCUT2D eigenvalue weighted by atomic mass is 10.1. The van der Waals surface area contributed by atoms with Crippen LogP contribution in [-0.4, -0.2) is 26.4 Å². The first kappa shape index (κ1) is 20.0. The Kier molecular flexibility index (Phi) is 6.09. The highest BCUT2D eigenvalue weighted by atomic mass is 35.5. The standard InChI is InChI=1S/C21H20ClF2N3O/c1-14(2)27(21(28)15-6-8-16(23)9-7-15)13-20-25-10-11-26(20)12-17-18(22)4-3-5-19(17)24/h3-11,14H,12-13H2,1-2H3. The van der Waals surface area contributed by atoms with Crippen molar-refractivity contribution < 1.29 is 13.6 Å². The topological polar surface area (TPSA) is 38.1 Å². The lowest BCUT2D eigenvalue weighted by Gasteiger charge is -2.27. The van der Waals surface area contributed by atoms with Crippen LogP contribution >= 0.6 is 11.6 Å². The van der Waals surface area contributed by atoms with Gasteiger partial charge in [-0.1, -0.05) is 17.7 Å². The Bertz CT molecular complexity index is 950. The number of benzene rings is 2. The fourth-order valence-electron chi connectivity index (χ4n) is 2.89. The van der Waals surface area contributed by atoms with Crippen molar-refractivity contribution in [2.75, 3.05) is 0 Å². The van der Waals surface area contributed by atoms with Gasteiger partial charge in [-0.2, -0.15) is 0 Å². The molecule has 0 spiro atoms. The van der Waals surface area contributed by atoms with Crippen molar-refractivity contribution >= 4 is 17.5 Å². The summed E-state index contributed by atoms with van der Waals surface area (Å²) in [4.78, 5) is 18.8. The number of amides is 1. The molecular formula is C21H20ClF2N3O. The molecule has 0 fully saturated rings. The van der Waals surface area contributed by atoms with Crippen molar-refractivity contribution in [1.82, 2.24) is 14.5 Å². The molecule has 1 heterocycles. The Morgan fingerprint density at radius 2 is 1.89 bits per heavy atom. The molecule has 146 valence electrons. The van der Waals surface area contributed by atoms with Crippen LogP contribution in [-0.2, 0) is 13.1 Å². The maximum Gasteiger partial charge on any atom is 0.254 e. The Morgan fingerprint density at radius 3 is 2.54 bits per heavy atom. The molecule has 3 rings (SSSR count). The van der Waals surface area contributed by atoms with E-state index in [-0.39, 0.29) is 25.0 Å². The molecule has 1 aromatic heterocycles. The van der Waals surface area contributed by atoms with E-state index < -0.39 is 11.6 Å². The first-order chi connectivity index (χ1) is 13.4. The first-order valence-electron chi connectivity index (χ1n) is 8.86. The molecule has 0 aliphatic carbocycles. The summed E-state index contributed by atoms with van der Waals surface area (Å²) in [6, 6.07) is 9.86. The predicted octanol–water partition coefficient (Wildman–Crippen LogP) is 4.91. The van der Waals surface area contributed by atoms with Crippen molar-refractivity contribution in [3.63, 3.8) is 0 Å². The van der Waals surface area contributed by atoms with Gasteiger partial charge in [0.2, 0.25) is 0 Å². The molecule has 2 aromatic carbocycles. The minimum atomic E-state index is -0.398. The van der Waals surface area contributed by atoms with E-state index in [1.807, 2.05) is 13.8 Å². The molecule has 0 atom stereocenters. The highest BCUT2D eigenvalue weighted by molar-refractivity contribution is 6.31. The van der Waals surface area contributed by atoms with Crippen molar-refractivity contribution in [2.45, 2.75) is 33.0 Å². The van der Waals surface area contributed by atoms with Gasteiger partial charge in [0, 0.05) is 34.6 Å². The average molecular weight is 404 g/mol. The van der Waals surface area contributed by atoms with Crippen LogP contribution in [0.3, 0.4) is 0 Å². The molecule has 0 bridgehead atoms. The van der Waals surface area contributed by atoms with Crippen LogP contribution < -0.4 is 0 Å². The molecule has 1 amide bonds. The number of imidazole rings is 1. The van der Waals surface area contributed by atoms with E-state index in [0.29, 0.717) is 22.0 Å². The van der Waals surface area contributed by atoms with Crippen molar-refractivity contribution in [3.8, 4) is 0 Å². The third-order valence-electron chi connectivity index (χ3n) is 4.48. The second kappa shape index (κ2) is 8.52. The largest absolute Gasteiger partial charge is 0.329 e. The summed E-state index contributed by atoms with van der Waals surface area (Å²) < 4.78 is 29.1. The van der Waals surface area contributed by atoms with Gasteiger partial charge in [0.1, 0.15) is 17.5 Å². The zero-order valence-electron chi connectivity index (χ0n) is 15.6. The maximum absolute atomic E-state index is 14.1. The Hall–Kier alpha value is -2.73. The van der Waals surface area contributed by atoms with Gasteiger partial charge in [-0.05, 0) is 50.2 Å². The minimum absolute atomic E-state index is 0.111. The summed E-state index contributed by atoms with van der Waals surface area (Å²) in [6.07, 6.45) is 3.32. The summed E-state index contributed by atoms with van der Waals surface area (Å²) in [6.45, 7) is 4.22. The molecule has 0 saturated carbocycles. The van der Waals surface area contributed by atoms with E-state index in [1.54, 1.807) is 34.0 Å². The van der Waals surface area contributed by atoms with Crippen LogP contribution in [0.15, 0.2) is 54.9 Å². The third-order valence-corrected chi connectivity index (χ3v) is 4.83. The number of hydrogen-bond acceptors (Lipinski definition) is 2. The van der Waals surface area contributed by atoms with Gasteiger partial charge in [-0.25, -0.2) is 13.8 Å². The van der Waals surface area contributed by atoms with E-state index in [1.165, 1.54) is 30.3 Å². The zero-order chi connectivity index (χ0) is 20.3. The monoisotopic (exact) mass is 403 g/mol. The highest BCUT2D eigenvalue weighted by Gasteiger charge is 2.21. The van der Waals surface area contributed by atoms with Gasteiger partial charge < -0.3 is 9.47 Å². The second-order valence-corrected chi connectivity index (χ2v) is 7.11. The number of rotatable bonds is 6. The Morgan fingerprint density at radius 1 is 1.18 bits per heavy atom. The molecule has 7 heteroatoms. The zero-order valence-corrected chi connectivity index (χ0v) is 16.3. The molecule has 0 aliphatic rings. The van der Waals surface area contributed by atoms with Crippen LogP contribution in [0.25, 0.3) is 0 Å². The lowest BCUT2D eigenvalue weighted by molar-refractivity contribution is 0.0683. The van der Waals surface area contributed by atoms with Crippen molar-refractivity contribution in [3.05, 3.63) is 88.5 Å². The van der Waals surface area contributed by atoms with Crippen LogP contribution in [0.4, 0.5) is 8.78 Å². The lowest BCUT2D eigenvalue weighted by Crippen LogP contribution is -2.37. The van der Waals surface area contributed by atoms with E-state index in [2.05, 4.69) is 4.98 Å². The second-order valence-electron chi connectivity index (χ2n) is 6.71. The van der Waals surface area contributed by atoms with Crippen LogP contribution in [0.2, 0.25) is 5.02 Å². The molecule has 0 N–H and O–H groups in total. The molecule has 0 aliphatic heterocycles. The van der Waals surface area contributed by atoms with E-state index in [0.717, 1.165) is 0 Å². The van der Waals surface area contributed by atoms with E-state index in [4.69, 9.17) is 11.6 Å². The van der Waals surface area contributed by atoms with Crippen LogP contribution in [0, 0.1) is 11.6 Å². The van der Waals surface area contributed by atoms with Gasteiger partial charge in [0.15, 0.2) is 0 Å². The molecule has 0 radical (unpaired) electrons. The summed E-state index contributed by atoms with van der Waals surface area (Å²) in [5.41, 5.74) is 0.759. The van der Waals surface area contributed by atoms with Crippen LogP contribution in [0.1, 0.15) is 35.6 Å². The van der Waals surface area contributed by atoms with Gasteiger partial charge in [0.25, 0.3) is 5.91 Å². The van der Waals surface area contributed by atoms with E-state index in [9.17, 15) is 13.6 Å². The highest BCUT2D eigenvalue weighted by Crippen LogP contribution is 2.21. The number of nitrogens with zero attached hydrogens (tertiary/aromatic N) is 3. The molecule has 4 nitrogen and oxygen atoms in total. The quantitative estimate of drug-likeness (QED) is 0.586. The molecular weight excluding hydrogens is 384 g/mol. The Balaban J connectivity index is 1.84. The number of aromatic nitrogens is 2. The summed E-state index contributed by atoms with van der Waals surface area (Å²) in [5, 5.41) is 0.336. The Labute approximate surface area is 167 Å². The van der Waals surface area contributed by atoms with Gasteiger partial charge >= 0.3 is 0 Å². The normalized spacial score (nSPS) is 11.1. The average Bonchev–Trinajstić information content (AvgIpc) is 3.09. The number of hydrogen-bond donors (Lipinski definition) is 0.